The number of anilines is 2. The molecule has 0 aromatic carbocycles. The predicted molar refractivity (Wildman–Crippen MR) is 80.8 cm³/mol. The minimum absolute atomic E-state index is 0.314. The van der Waals surface area contributed by atoms with Crippen molar-refractivity contribution in [2.24, 2.45) is 0 Å². The molecule has 0 amide bonds. The number of aromatic nitrogens is 2. The van der Waals surface area contributed by atoms with Gasteiger partial charge in [-0.05, 0) is 35.2 Å². The first-order valence-corrected chi connectivity index (χ1v) is 7.60. The summed E-state index contributed by atoms with van der Waals surface area (Å²) in [5.74, 6) is 1.60. The standard InChI is InChI=1S/C13H21BrN4O/c1-3-7-19-10-5-4-6-18(9-10)12-11(14)8-16-13(15-2)17-12/h8,10H,3-7,9H2,1-2H3,(H,15,16,17). The lowest BCUT2D eigenvalue weighted by atomic mass is 10.1. The monoisotopic (exact) mass is 328 g/mol. The second-order valence-corrected chi connectivity index (χ2v) is 5.55. The maximum Gasteiger partial charge on any atom is 0.224 e. The lowest BCUT2D eigenvalue weighted by Gasteiger charge is -2.34. The van der Waals surface area contributed by atoms with Gasteiger partial charge in [-0.25, -0.2) is 4.98 Å². The molecule has 1 N–H and O–H groups in total. The Balaban J connectivity index is 2.08. The lowest BCUT2D eigenvalue weighted by Crippen LogP contribution is -2.40. The smallest absolute Gasteiger partial charge is 0.224 e. The van der Waals surface area contributed by atoms with Crippen molar-refractivity contribution >= 4 is 27.7 Å². The summed E-state index contributed by atoms with van der Waals surface area (Å²) < 4.78 is 6.80. The van der Waals surface area contributed by atoms with E-state index in [0.29, 0.717) is 12.1 Å². The first kappa shape index (κ1) is 14.5. The summed E-state index contributed by atoms with van der Waals surface area (Å²) in [5.41, 5.74) is 0. The molecule has 1 aromatic rings. The third-order valence-corrected chi connectivity index (χ3v) is 3.74. The fourth-order valence-corrected chi connectivity index (χ4v) is 2.69. The van der Waals surface area contributed by atoms with Crippen LogP contribution in [0.5, 0.6) is 0 Å². The van der Waals surface area contributed by atoms with Crippen LogP contribution in [0.3, 0.4) is 0 Å². The Morgan fingerprint density at radius 2 is 2.42 bits per heavy atom. The van der Waals surface area contributed by atoms with Crippen LogP contribution in [0.15, 0.2) is 10.7 Å². The highest BCUT2D eigenvalue weighted by Crippen LogP contribution is 2.27. The van der Waals surface area contributed by atoms with E-state index < -0.39 is 0 Å². The van der Waals surface area contributed by atoms with Crippen LogP contribution in [0.4, 0.5) is 11.8 Å². The van der Waals surface area contributed by atoms with Crippen molar-refractivity contribution in [2.45, 2.75) is 32.3 Å². The maximum atomic E-state index is 5.86. The van der Waals surface area contributed by atoms with Crippen molar-refractivity contribution in [1.29, 1.82) is 0 Å². The minimum Gasteiger partial charge on any atom is -0.376 e. The number of nitrogens with zero attached hydrogens (tertiary/aromatic N) is 3. The normalized spacial score (nSPS) is 19.5. The zero-order valence-electron chi connectivity index (χ0n) is 11.5. The molecule has 106 valence electrons. The highest BCUT2D eigenvalue weighted by molar-refractivity contribution is 9.10. The average Bonchev–Trinajstić information content (AvgIpc) is 2.46. The SMILES string of the molecule is CCCOC1CCCN(c2nc(NC)ncc2Br)C1. The molecule has 1 aromatic heterocycles. The van der Waals surface area contributed by atoms with Crippen molar-refractivity contribution in [3.63, 3.8) is 0 Å². The largest absolute Gasteiger partial charge is 0.376 e. The summed E-state index contributed by atoms with van der Waals surface area (Å²) in [6, 6.07) is 0. The molecule has 1 aliphatic heterocycles. The minimum atomic E-state index is 0.314. The Hall–Kier alpha value is -0.880. The van der Waals surface area contributed by atoms with Gasteiger partial charge in [-0.1, -0.05) is 6.92 Å². The van der Waals surface area contributed by atoms with Crippen molar-refractivity contribution < 1.29 is 4.74 Å². The number of hydrogen-bond donors (Lipinski definition) is 1. The van der Waals surface area contributed by atoms with E-state index in [4.69, 9.17) is 4.74 Å². The maximum absolute atomic E-state index is 5.86. The molecule has 2 heterocycles. The van der Waals surface area contributed by atoms with E-state index in [-0.39, 0.29) is 0 Å². The topological polar surface area (TPSA) is 50.3 Å². The van der Waals surface area contributed by atoms with Gasteiger partial charge in [0.2, 0.25) is 5.95 Å². The second-order valence-electron chi connectivity index (χ2n) is 4.70. The number of nitrogens with one attached hydrogen (secondary N) is 1. The molecule has 1 saturated heterocycles. The van der Waals surface area contributed by atoms with E-state index in [1.54, 1.807) is 6.20 Å². The molecule has 1 unspecified atom stereocenters. The van der Waals surface area contributed by atoms with Crippen LogP contribution in [0.2, 0.25) is 0 Å². The van der Waals surface area contributed by atoms with Gasteiger partial charge < -0.3 is 15.0 Å². The van der Waals surface area contributed by atoms with E-state index in [9.17, 15) is 0 Å². The number of hydrogen-bond acceptors (Lipinski definition) is 5. The highest BCUT2D eigenvalue weighted by Gasteiger charge is 2.23. The molecule has 5 nitrogen and oxygen atoms in total. The number of rotatable bonds is 5. The van der Waals surface area contributed by atoms with Gasteiger partial charge in [-0.3, -0.25) is 0 Å². The zero-order valence-corrected chi connectivity index (χ0v) is 13.1. The molecule has 0 aliphatic carbocycles. The van der Waals surface area contributed by atoms with Gasteiger partial charge in [-0.15, -0.1) is 0 Å². The van der Waals surface area contributed by atoms with Gasteiger partial charge in [0.25, 0.3) is 0 Å². The van der Waals surface area contributed by atoms with Crippen molar-refractivity contribution in [3.05, 3.63) is 10.7 Å². The van der Waals surface area contributed by atoms with Gasteiger partial charge in [0.1, 0.15) is 5.82 Å². The highest BCUT2D eigenvalue weighted by atomic mass is 79.9. The average molecular weight is 329 g/mol. The van der Waals surface area contributed by atoms with E-state index in [0.717, 1.165) is 49.2 Å². The summed E-state index contributed by atoms with van der Waals surface area (Å²) in [7, 11) is 1.83. The van der Waals surface area contributed by atoms with Crippen LogP contribution < -0.4 is 10.2 Å². The predicted octanol–water partition coefficient (Wildman–Crippen LogP) is 2.68. The fraction of sp³-hybridized carbons (Fsp3) is 0.692. The van der Waals surface area contributed by atoms with Crippen LogP contribution in [0.1, 0.15) is 26.2 Å². The third kappa shape index (κ3) is 3.79. The lowest BCUT2D eigenvalue weighted by molar-refractivity contribution is 0.0439. The molecule has 0 bridgehead atoms. The molecule has 0 radical (unpaired) electrons. The number of piperidine rings is 1. The Morgan fingerprint density at radius 1 is 1.58 bits per heavy atom. The zero-order chi connectivity index (χ0) is 13.7. The summed E-state index contributed by atoms with van der Waals surface area (Å²) in [5, 5.41) is 2.98. The van der Waals surface area contributed by atoms with Crippen LogP contribution in [-0.2, 0) is 4.74 Å². The number of halogens is 1. The fourth-order valence-electron chi connectivity index (χ4n) is 2.25. The molecular formula is C13H21BrN4O. The molecule has 19 heavy (non-hydrogen) atoms. The molecule has 1 atom stereocenters. The second kappa shape index (κ2) is 7.05. The van der Waals surface area contributed by atoms with E-state index >= 15 is 0 Å². The van der Waals surface area contributed by atoms with Crippen molar-refractivity contribution in [1.82, 2.24) is 9.97 Å². The van der Waals surface area contributed by atoms with Gasteiger partial charge in [0, 0.05) is 32.9 Å². The summed E-state index contributed by atoms with van der Waals surface area (Å²) in [6.45, 7) is 4.90. The van der Waals surface area contributed by atoms with Gasteiger partial charge in [0.05, 0.1) is 10.6 Å². The molecular weight excluding hydrogens is 308 g/mol. The number of ether oxygens (including phenoxy) is 1. The Bertz CT molecular complexity index is 416. The van der Waals surface area contributed by atoms with E-state index in [1.165, 1.54) is 0 Å². The van der Waals surface area contributed by atoms with Gasteiger partial charge >= 0.3 is 0 Å². The molecule has 1 aliphatic rings. The van der Waals surface area contributed by atoms with Crippen LogP contribution in [-0.4, -0.2) is 42.8 Å². The third-order valence-electron chi connectivity index (χ3n) is 3.18. The van der Waals surface area contributed by atoms with Crippen molar-refractivity contribution in [2.75, 3.05) is 37.0 Å². The van der Waals surface area contributed by atoms with Crippen LogP contribution >= 0.6 is 15.9 Å². The van der Waals surface area contributed by atoms with Gasteiger partial charge in [-0.2, -0.15) is 4.98 Å². The first-order valence-electron chi connectivity index (χ1n) is 6.81. The first-order chi connectivity index (χ1) is 9.24. The summed E-state index contributed by atoms with van der Waals surface area (Å²) in [6.07, 6.45) is 5.45. The van der Waals surface area contributed by atoms with E-state index in [2.05, 4.69) is 43.0 Å². The van der Waals surface area contributed by atoms with Crippen molar-refractivity contribution in [3.8, 4) is 0 Å². The van der Waals surface area contributed by atoms with Crippen LogP contribution in [0, 0.1) is 0 Å². The quantitative estimate of drug-likeness (QED) is 0.900. The summed E-state index contributed by atoms with van der Waals surface area (Å²) >= 11 is 3.53. The summed E-state index contributed by atoms with van der Waals surface area (Å²) in [4.78, 5) is 11.0. The Kier molecular flexibility index (Phi) is 5.39. The molecule has 2 rings (SSSR count). The Labute approximate surface area is 122 Å². The molecule has 6 heteroatoms. The molecule has 0 saturated carbocycles. The van der Waals surface area contributed by atoms with Crippen LogP contribution in [0.25, 0.3) is 0 Å². The van der Waals surface area contributed by atoms with Gasteiger partial charge in [0.15, 0.2) is 0 Å². The Morgan fingerprint density at radius 3 is 3.16 bits per heavy atom. The molecule has 1 fully saturated rings. The molecule has 0 spiro atoms. The van der Waals surface area contributed by atoms with E-state index in [1.807, 2.05) is 7.05 Å².